The highest BCUT2D eigenvalue weighted by Gasteiger charge is 2.01. The fraction of sp³-hybridized carbons (Fsp3) is 0.100. The Morgan fingerprint density at radius 2 is 2.14 bits per heavy atom. The van der Waals surface area contributed by atoms with Gasteiger partial charge in [-0.1, -0.05) is 15.9 Å². The number of hydrogen-bond acceptors (Lipinski definition) is 2. The zero-order valence-electron chi connectivity index (χ0n) is 7.25. The van der Waals surface area contributed by atoms with Gasteiger partial charge in [0.25, 0.3) is 5.56 Å². The largest absolute Gasteiger partial charge is 0.391 e. The number of H-pyrrole nitrogens is 1. The van der Waals surface area contributed by atoms with Gasteiger partial charge in [-0.05, 0) is 29.7 Å². The third-order valence-electron chi connectivity index (χ3n) is 2.05. The number of pyridine rings is 1. The smallest absolute Gasteiger partial charge is 0.253 e. The van der Waals surface area contributed by atoms with Crippen LogP contribution in [-0.4, -0.2) is 10.1 Å². The maximum atomic E-state index is 11.3. The van der Waals surface area contributed by atoms with Gasteiger partial charge in [0.2, 0.25) is 0 Å². The van der Waals surface area contributed by atoms with Crippen molar-refractivity contribution >= 4 is 26.8 Å². The molecule has 0 aliphatic carbocycles. The molecule has 72 valence electrons. The number of halogens is 1. The first-order valence-electron chi connectivity index (χ1n) is 4.13. The number of rotatable bonds is 1. The summed E-state index contributed by atoms with van der Waals surface area (Å²) in [6, 6.07) is 7.27. The SMILES string of the molecule is O=c1[nH]c2ccc(Br)cc2cc1CO. The molecule has 0 atom stereocenters. The molecule has 0 radical (unpaired) electrons. The molecule has 3 nitrogen and oxygen atoms in total. The fourth-order valence-electron chi connectivity index (χ4n) is 1.34. The van der Waals surface area contributed by atoms with Crippen LogP contribution < -0.4 is 5.56 Å². The number of benzene rings is 1. The summed E-state index contributed by atoms with van der Waals surface area (Å²) in [6.45, 7) is -0.238. The molecule has 14 heavy (non-hydrogen) atoms. The first-order valence-corrected chi connectivity index (χ1v) is 4.92. The van der Waals surface area contributed by atoms with E-state index in [2.05, 4.69) is 20.9 Å². The van der Waals surface area contributed by atoms with Crippen molar-refractivity contribution in [2.45, 2.75) is 6.61 Å². The quantitative estimate of drug-likeness (QED) is 0.815. The zero-order valence-corrected chi connectivity index (χ0v) is 8.84. The number of fused-ring (bicyclic) bond motifs is 1. The summed E-state index contributed by atoms with van der Waals surface area (Å²) in [5.41, 5.74) is 0.924. The van der Waals surface area contributed by atoms with Gasteiger partial charge >= 0.3 is 0 Å². The summed E-state index contributed by atoms with van der Waals surface area (Å²) in [4.78, 5) is 14.0. The molecule has 0 saturated carbocycles. The molecule has 0 bridgehead atoms. The lowest BCUT2D eigenvalue weighted by Gasteiger charge is -2.00. The molecule has 0 amide bonds. The molecule has 2 aromatic rings. The minimum atomic E-state index is -0.238. The van der Waals surface area contributed by atoms with Gasteiger partial charge in [-0.3, -0.25) is 4.79 Å². The lowest BCUT2D eigenvalue weighted by Crippen LogP contribution is -2.11. The highest BCUT2D eigenvalue weighted by Crippen LogP contribution is 2.17. The number of aliphatic hydroxyl groups excluding tert-OH is 1. The first kappa shape index (κ1) is 9.43. The summed E-state index contributed by atoms with van der Waals surface area (Å²) >= 11 is 3.34. The summed E-state index contributed by atoms with van der Waals surface area (Å²) in [5, 5.41) is 9.82. The zero-order chi connectivity index (χ0) is 10.1. The summed E-state index contributed by atoms with van der Waals surface area (Å²) in [6.07, 6.45) is 0. The van der Waals surface area contributed by atoms with Crippen molar-refractivity contribution in [3.8, 4) is 0 Å². The van der Waals surface area contributed by atoms with E-state index >= 15 is 0 Å². The van der Waals surface area contributed by atoms with Crippen molar-refractivity contribution in [2.24, 2.45) is 0 Å². The van der Waals surface area contributed by atoms with Gasteiger partial charge < -0.3 is 10.1 Å². The van der Waals surface area contributed by atoms with Crippen molar-refractivity contribution < 1.29 is 5.11 Å². The predicted molar refractivity (Wildman–Crippen MR) is 58.2 cm³/mol. The van der Waals surface area contributed by atoms with Gasteiger partial charge in [-0.2, -0.15) is 0 Å². The minimum Gasteiger partial charge on any atom is -0.391 e. The van der Waals surface area contributed by atoms with Crippen LogP contribution in [0.3, 0.4) is 0 Å². The van der Waals surface area contributed by atoms with Crippen LogP contribution in [0.25, 0.3) is 10.9 Å². The van der Waals surface area contributed by atoms with Gasteiger partial charge in [-0.25, -0.2) is 0 Å². The Balaban J connectivity index is 2.80. The lowest BCUT2D eigenvalue weighted by molar-refractivity contribution is 0.280. The van der Waals surface area contributed by atoms with Crippen LogP contribution in [0.4, 0.5) is 0 Å². The standard InChI is InChI=1S/C10H8BrNO2/c11-8-1-2-9-6(4-8)3-7(5-13)10(14)12-9/h1-4,13H,5H2,(H,12,14). The van der Waals surface area contributed by atoms with E-state index < -0.39 is 0 Å². The van der Waals surface area contributed by atoms with E-state index in [0.717, 1.165) is 15.4 Å². The molecule has 2 N–H and O–H groups in total. The van der Waals surface area contributed by atoms with Crippen LogP contribution in [0.15, 0.2) is 33.5 Å². The molecule has 0 spiro atoms. The first-order chi connectivity index (χ1) is 6.70. The number of hydrogen-bond donors (Lipinski definition) is 2. The molecule has 4 heteroatoms. The van der Waals surface area contributed by atoms with E-state index in [-0.39, 0.29) is 12.2 Å². The fourth-order valence-corrected chi connectivity index (χ4v) is 1.72. The Morgan fingerprint density at radius 3 is 2.86 bits per heavy atom. The monoisotopic (exact) mass is 253 g/mol. The van der Waals surface area contributed by atoms with E-state index in [0.29, 0.717) is 5.56 Å². The molecule has 2 rings (SSSR count). The maximum Gasteiger partial charge on any atom is 0.253 e. The highest BCUT2D eigenvalue weighted by atomic mass is 79.9. The third kappa shape index (κ3) is 1.58. The number of aromatic nitrogens is 1. The van der Waals surface area contributed by atoms with E-state index in [1.165, 1.54) is 0 Å². The molecule has 0 aliphatic heterocycles. The Labute approximate surface area is 88.5 Å². The van der Waals surface area contributed by atoms with E-state index in [4.69, 9.17) is 5.11 Å². The molecular formula is C10H8BrNO2. The van der Waals surface area contributed by atoms with Crippen LogP contribution in [-0.2, 0) is 6.61 Å². The van der Waals surface area contributed by atoms with Crippen LogP contribution in [0.5, 0.6) is 0 Å². The second kappa shape index (κ2) is 3.55. The molecule has 1 heterocycles. The van der Waals surface area contributed by atoms with Crippen molar-refractivity contribution in [2.75, 3.05) is 0 Å². The number of nitrogens with one attached hydrogen (secondary N) is 1. The summed E-state index contributed by atoms with van der Waals surface area (Å²) in [7, 11) is 0. The van der Waals surface area contributed by atoms with Crippen LogP contribution in [0.1, 0.15) is 5.56 Å². The topological polar surface area (TPSA) is 53.1 Å². The van der Waals surface area contributed by atoms with Gasteiger partial charge in [0.1, 0.15) is 0 Å². The molecule has 0 saturated heterocycles. The predicted octanol–water partition coefficient (Wildman–Crippen LogP) is 1.78. The van der Waals surface area contributed by atoms with E-state index in [9.17, 15) is 4.79 Å². The van der Waals surface area contributed by atoms with Gasteiger partial charge in [0.15, 0.2) is 0 Å². The molecular weight excluding hydrogens is 246 g/mol. The summed E-state index contributed by atoms with van der Waals surface area (Å²) < 4.78 is 0.945. The van der Waals surface area contributed by atoms with Gasteiger partial charge in [0, 0.05) is 15.6 Å². The average molecular weight is 254 g/mol. The number of aromatic amines is 1. The lowest BCUT2D eigenvalue weighted by atomic mass is 10.2. The highest BCUT2D eigenvalue weighted by molar-refractivity contribution is 9.10. The Morgan fingerprint density at radius 1 is 1.36 bits per heavy atom. The molecule has 0 unspecified atom stereocenters. The van der Waals surface area contributed by atoms with E-state index in [1.807, 2.05) is 18.2 Å². The average Bonchev–Trinajstić information content (AvgIpc) is 2.17. The van der Waals surface area contributed by atoms with Crippen molar-refractivity contribution in [3.05, 3.63) is 44.7 Å². The normalized spacial score (nSPS) is 10.7. The maximum absolute atomic E-state index is 11.3. The second-order valence-corrected chi connectivity index (χ2v) is 3.93. The molecule has 0 fully saturated rings. The second-order valence-electron chi connectivity index (χ2n) is 3.01. The minimum absolute atomic E-state index is 0.234. The van der Waals surface area contributed by atoms with Crippen LogP contribution in [0, 0.1) is 0 Å². The Hall–Kier alpha value is -1.13. The van der Waals surface area contributed by atoms with Crippen molar-refractivity contribution in [1.82, 2.24) is 4.98 Å². The van der Waals surface area contributed by atoms with Crippen molar-refractivity contribution in [1.29, 1.82) is 0 Å². The van der Waals surface area contributed by atoms with Gasteiger partial charge in [-0.15, -0.1) is 0 Å². The molecule has 1 aromatic carbocycles. The van der Waals surface area contributed by atoms with Crippen LogP contribution in [0.2, 0.25) is 0 Å². The third-order valence-corrected chi connectivity index (χ3v) is 2.55. The molecule has 1 aromatic heterocycles. The van der Waals surface area contributed by atoms with Crippen LogP contribution >= 0.6 is 15.9 Å². The van der Waals surface area contributed by atoms with E-state index in [1.54, 1.807) is 6.07 Å². The van der Waals surface area contributed by atoms with Gasteiger partial charge in [0.05, 0.1) is 6.61 Å². The Bertz CT molecular complexity index is 533. The molecule has 0 aliphatic rings. The van der Waals surface area contributed by atoms with Crippen molar-refractivity contribution in [3.63, 3.8) is 0 Å². The number of aliphatic hydroxyl groups is 1. The summed E-state index contributed by atoms with van der Waals surface area (Å²) in [5.74, 6) is 0. The Kier molecular flexibility index (Phi) is 2.39.